The van der Waals surface area contributed by atoms with Crippen molar-refractivity contribution in [3.63, 3.8) is 0 Å². The standard InChI is InChI=1S/C18H22O2S2/c1-17(2,3)12-9-7-11-8-10-13(18(4,5)6)16-14(11)15(12)21-22(16,19)20/h7-10H,1-6H3. The summed E-state index contributed by atoms with van der Waals surface area (Å²) in [5.74, 6) is 0. The highest BCUT2D eigenvalue weighted by Crippen LogP contribution is 2.53. The molecule has 118 valence electrons. The van der Waals surface area contributed by atoms with Crippen LogP contribution in [0.25, 0.3) is 10.8 Å². The lowest BCUT2D eigenvalue weighted by Crippen LogP contribution is -2.15. The third-order valence-electron chi connectivity index (χ3n) is 4.15. The zero-order chi connectivity index (χ0) is 16.5. The van der Waals surface area contributed by atoms with E-state index < -0.39 is 8.87 Å². The van der Waals surface area contributed by atoms with Crippen molar-refractivity contribution in [1.29, 1.82) is 0 Å². The van der Waals surface area contributed by atoms with Crippen LogP contribution < -0.4 is 0 Å². The maximum Gasteiger partial charge on any atom is 0.235 e. The summed E-state index contributed by atoms with van der Waals surface area (Å²) in [5.41, 5.74) is 1.75. The molecule has 0 radical (unpaired) electrons. The minimum Gasteiger partial charge on any atom is -0.212 e. The third-order valence-corrected chi connectivity index (χ3v) is 7.54. The van der Waals surface area contributed by atoms with Crippen molar-refractivity contribution in [2.75, 3.05) is 0 Å². The van der Waals surface area contributed by atoms with Crippen molar-refractivity contribution in [2.45, 2.75) is 62.2 Å². The minimum atomic E-state index is -3.34. The van der Waals surface area contributed by atoms with E-state index in [1.807, 2.05) is 6.07 Å². The monoisotopic (exact) mass is 334 g/mol. The van der Waals surface area contributed by atoms with Gasteiger partial charge < -0.3 is 0 Å². The Kier molecular flexibility index (Phi) is 3.26. The van der Waals surface area contributed by atoms with Crippen LogP contribution in [0, 0.1) is 0 Å². The molecule has 0 aliphatic carbocycles. The van der Waals surface area contributed by atoms with Crippen molar-refractivity contribution in [1.82, 2.24) is 0 Å². The van der Waals surface area contributed by atoms with Gasteiger partial charge in [0, 0.05) is 21.1 Å². The second-order valence-electron chi connectivity index (χ2n) is 8.02. The third kappa shape index (κ3) is 2.28. The second kappa shape index (κ2) is 4.51. The summed E-state index contributed by atoms with van der Waals surface area (Å²) in [4.78, 5) is 1.45. The summed E-state index contributed by atoms with van der Waals surface area (Å²) >= 11 is 0. The zero-order valence-corrected chi connectivity index (χ0v) is 15.6. The maximum atomic E-state index is 12.8. The Hall–Kier alpha value is -1.000. The molecule has 2 aromatic carbocycles. The second-order valence-corrected chi connectivity index (χ2v) is 11.7. The normalized spacial score (nSPS) is 17.2. The van der Waals surface area contributed by atoms with Gasteiger partial charge in [-0.25, -0.2) is 8.42 Å². The van der Waals surface area contributed by atoms with Gasteiger partial charge in [-0.3, -0.25) is 0 Å². The highest BCUT2D eigenvalue weighted by atomic mass is 33.1. The minimum absolute atomic E-state index is 0.0780. The lowest BCUT2D eigenvalue weighted by Gasteiger charge is -2.23. The van der Waals surface area contributed by atoms with Gasteiger partial charge in [0.25, 0.3) is 0 Å². The lowest BCUT2D eigenvalue weighted by molar-refractivity contribution is 0.568. The van der Waals surface area contributed by atoms with Crippen LogP contribution in [0.4, 0.5) is 0 Å². The molecule has 4 heteroatoms. The molecule has 0 fully saturated rings. The van der Waals surface area contributed by atoms with Gasteiger partial charge in [-0.15, -0.1) is 0 Å². The highest BCUT2D eigenvalue weighted by molar-refractivity contribution is 8.72. The van der Waals surface area contributed by atoms with Crippen molar-refractivity contribution in [2.24, 2.45) is 0 Å². The van der Waals surface area contributed by atoms with Crippen LogP contribution >= 0.6 is 10.8 Å². The van der Waals surface area contributed by atoms with E-state index in [1.54, 1.807) is 0 Å². The molecule has 2 aromatic rings. The molecular weight excluding hydrogens is 312 g/mol. The lowest BCUT2D eigenvalue weighted by atomic mass is 9.83. The van der Waals surface area contributed by atoms with Gasteiger partial charge in [-0.2, -0.15) is 0 Å². The van der Waals surface area contributed by atoms with E-state index in [4.69, 9.17) is 0 Å². The topological polar surface area (TPSA) is 34.1 Å². The van der Waals surface area contributed by atoms with E-state index in [1.165, 1.54) is 0 Å². The quantitative estimate of drug-likeness (QED) is 0.619. The smallest absolute Gasteiger partial charge is 0.212 e. The van der Waals surface area contributed by atoms with E-state index in [0.717, 1.165) is 37.6 Å². The molecule has 2 nitrogen and oxygen atoms in total. The van der Waals surface area contributed by atoms with Crippen molar-refractivity contribution >= 4 is 30.4 Å². The Morgan fingerprint density at radius 1 is 0.818 bits per heavy atom. The van der Waals surface area contributed by atoms with Crippen molar-refractivity contribution in [3.05, 3.63) is 35.4 Å². The summed E-state index contributed by atoms with van der Waals surface area (Å²) in [6.45, 7) is 12.6. The van der Waals surface area contributed by atoms with Crippen LogP contribution in [-0.4, -0.2) is 8.42 Å². The van der Waals surface area contributed by atoms with E-state index in [2.05, 4.69) is 59.7 Å². The first-order chi connectivity index (χ1) is 9.93. The van der Waals surface area contributed by atoms with Gasteiger partial charge in [0.05, 0.1) is 4.90 Å². The summed E-state index contributed by atoms with van der Waals surface area (Å²) in [7, 11) is -2.31. The molecule has 1 heterocycles. The fourth-order valence-electron chi connectivity index (χ4n) is 3.03. The van der Waals surface area contributed by atoms with Crippen LogP contribution in [0.5, 0.6) is 0 Å². The number of benzene rings is 2. The first-order valence-electron chi connectivity index (χ1n) is 7.48. The van der Waals surface area contributed by atoms with E-state index >= 15 is 0 Å². The van der Waals surface area contributed by atoms with Crippen LogP contribution in [0.1, 0.15) is 52.7 Å². The molecule has 1 aliphatic rings. The Labute approximate surface area is 136 Å². The summed E-state index contributed by atoms with van der Waals surface area (Å²) in [6.07, 6.45) is 0. The maximum absolute atomic E-state index is 12.8. The molecule has 22 heavy (non-hydrogen) atoms. The Balaban J connectivity index is 2.52. The largest absolute Gasteiger partial charge is 0.235 e. The fraction of sp³-hybridized carbons (Fsp3) is 0.444. The molecule has 0 N–H and O–H groups in total. The molecule has 3 rings (SSSR count). The number of hydrogen-bond acceptors (Lipinski definition) is 3. The Morgan fingerprint density at radius 3 is 1.82 bits per heavy atom. The first-order valence-corrected chi connectivity index (χ1v) is 10.3. The van der Waals surface area contributed by atoms with Crippen molar-refractivity contribution in [3.8, 4) is 0 Å². The Bertz CT molecular complexity index is 875. The average Bonchev–Trinajstić information content (AvgIpc) is 2.61. The van der Waals surface area contributed by atoms with Gasteiger partial charge in [0.1, 0.15) is 0 Å². The van der Waals surface area contributed by atoms with Gasteiger partial charge in [0.2, 0.25) is 8.87 Å². The van der Waals surface area contributed by atoms with Crippen LogP contribution in [0.3, 0.4) is 0 Å². The number of rotatable bonds is 0. The molecule has 0 atom stereocenters. The summed E-state index contributed by atoms with van der Waals surface area (Å²) in [6, 6.07) is 8.15. The molecule has 0 saturated carbocycles. The van der Waals surface area contributed by atoms with Crippen LogP contribution in [-0.2, 0) is 19.7 Å². The first kappa shape index (κ1) is 15.9. The highest BCUT2D eigenvalue weighted by Gasteiger charge is 2.38. The molecule has 0 saturated heterocycles. The molecule has 0 amide bonds. The van der Waals surface area contributed by atoms with Gasteiger partial charge in [-0.05, 0) is 27.3 Å². The molecule has 0 bridgehead atoms. The van der Waals surface area contributed by atoms with Crippen LogP contribution in [0.15, 0.2) is 34.1 Å². The number of hydrogen-bond donors (Lipinski definition) is 0. The molecule has 0 spiro atoms. The molecule has 0 unspecified atom stereocenters. The van der Waals surface area contributed by atoms with Gasteiger partial charge >= 0.3 is 0 Å². The van der Waals surface area contributed by atoms with E-state index in [0.29, 0.717) is 4.90 Å². The summed E-state index contributed by atoms with van der Waals surface area (Å²) < 4.78 is 25.7. The predicted molar refractivity (Wildman–Crippen MR) is 94.4 cm³/mol. The molecule has 0 aromatic heterocycles. The van der Waals surface area contributed by atoms with Gasteiger partial charge in [0.15, 0.2) is 0 Å². The Morgan fingerprint density at radius 2 is 1.32 bits per heavy atom. The molecular formula is C18H22O2S2. The van der Waals surface area contributed by atoms with E-state index in [9.17, 15) is 8.42 Å². The van der Waals surface area contributed by atoms with E-state index in [-0.39, 0.29) is 10.8 Å². The van der Waals surface area contributed by atoms with Crippen molar-refractivity contribution < 1.29 is 8.42 Å². The fourth-order valence-corrected chi connectivity index (χ4v) is 7.23. The SMILES string of the molecule is CC(C)(C)c1ccc2ccc(C(C)(C)C)c3c2c1SS3(=O)=O. The summed E-state index contributed by atoms with van der Waals surface area (Å²) in [5, 5.41) is 1.93. The van der Waals surface area contributed by atoms with Gasteiger partial charge in [-0.1, -0.05) is 65.8 Å². The van der Waals surface area contributed by atoms with Crippen LogP contribution in [0.2, 0.25) is 0 Å². The zero-order valence-electron chi connectivity index (χ0n) is 13.9. The predicted octanol–water partition coefficient (Wildman–Crippen LogP) is 5.23. The molecule has 1 aliphatic heterocycles. The average molecular weight is 335 g/mol.